The summed E-state index contributed by atoms with van der Waals surface area (Å²) in [4.78, 5) is 26.7. The lowest BCUT2D eigenvalue weighted by Gasteiger charge is -2.31. The second-order valence-corrected chi connectivity index (χ2v) is 7.31. The summed E-state index contributed by atoms with van der Waals surface area (Å²) in [5, 5.41) is 8.60. The standard InChI is InChI=1S/C18H28N4O2S/c1-19-17(23)14-22-11-8-15(9-12-22)21-18(24)20-10-5-13-25-16-6-3-2-4-7-16/h2-4,6-7,15H,5,8-14H2,1H3,(H,19,23)(H2,20,21,24). The van der Waals surface area contributed by atoms with Gasteiger partial charge < -0.3 is 16.0 Å². The van der Waals surface area contributed by atoms with Gasteiger partial charge in [-0.15, -0.1) is 11.8 Å². The largest absolute Gasteiger partial charge is 0.358 e. The summed E-state index contributed by atoms with van der Waals surface area (Å²) < 4.78 is 0. The zero-order valence-corrected chi connectivity index (χ0v) is 15.6. The highest BCUT2D eigenvalue weighted by molar-refractivity contribution is 7.99. The smallest absolute Gasteiger partial charge is 0.315 e. The van der Waals surface area contributed by atoms with Gasteiger partial charge in [0.05, 0.1) is 6.54 Å². The number of carbonyl (C=O) groups excluding carboxylic acids is 2. The van der Waals surface area contributed by atoms with Crippen LogP contribution in [0.3, 0.4) is 0 Å². The highest BCUT2D eigenvalue weighted by atomic mass is 32.2. The predicted octanol–water partition coefficient (Wildman–Crippen LogP) is 1.68. The number of hydrogen-bond donors (Lipinski definition) is 3. The second kappa shape index (κ2) is 11.0. The lowest BCUT2D eigenvalue weighted by atomic mass is 10.1. The van der Waals surface area contributed by atoms with Crippen molar-refractivity contribution in [3.63, 3.8) is 0 Å². The first kappa shape index (κ1) is 19.6. The molecule has 1 aromatic carbocycles. The van der Waals surface area contributed by atoms with Crippen LogP contribution in [0.1, 0.15) is 19.3 Å². The van der Waals surface area contributed by atoms with Gasteiger partial charge in [0.2, 0.25) is 5.91 Å². The van der Waals surface area contributed by atoms with Crippen LogP contribution in [0.25, 0.3) is 0 Å². The van der Waals surface area contributed by atoms with E-state index in [0.29, 0.717) is 13.1 Å². The quantitative estimate of drug-likeness (QED) is 0.485. The summed E-state index contributed by atoms with van der Waals surface area (Å²) in [7, 11) is 1.65. The van der Waals surface area contributed by atoms with Crippen molar-refractivity contribution < 1.29 is 9.59 Å². The van der Waals surface area contributed by atoms with Crippen molar-refractivity contribution in [2.24, 2.45) is 0 Å². The molecule has 1 aliphatic rings. The molecule has 6 nitrogen and oxygen atoms in total. The third kappa shape index (κ3) is 7.79. The van der Waals surface area contributed by atoms with Gasteiger partial charge >= 0.3 is 6.03 Å². The molecule has 7 heteroatoms. The SMILES string of the molecule is CNC(=O)CN1CCC(NC(=O)NCCCSc2ccccc2)CC1. The van der Waals surface area contributed by atoms with Crippen LogP contribution < -0.4 is 16.0 Å². The minimum Gasteiger partial charge on any atom is -0.358 e. The molecule has 0 atom stereocenters. The molecular formula is C18H28N4O2S. The molecular weight excluding hydrogens is 336 g/mol. The predicted molar refractivity (Wildman–Crippen MR) is 102 cm³/mol. The van der Waals surface area contributed by atoms with Crippen LogP contribution in [0.5, 0.6) is 0 Å². The monoisotopic (exact) mass is 364 g/mol. The van der Waals surface area contributed by atoms with E-state index in [1.165, 1.54) is 4.90 Å². The average Bonchev–Trinajstić information content (AvgIpc) is 2.64. The summed E-state index contributed by atoms with van der Waals surface area (Å²) >= 11 is 1.80. The molecule has 1 aliphatic heterocycles. The Bertz CT molecular complexity index is 533. The van der Waals surface area contributed by atoms with Gasteiger partial charge in [-0.2, -0.15) is 0 Å². The highest BCUT2D eigenvalue weighted by Crippen LogP contribution is 2.17. The fourth-order valence-electron chi connectivity index (χ4n) is 2.73. The molecule has 0 aliphatic carbocycles. The Hall–Kier alpha value is -1.73. The van der Waals surface area contributed by atoms with Crippen LogP contribution in [-0.4, -0.2) is 61.9 Å². The van der Waals surface area contributed by atoms with Crippen LogP contribution in [0.2, 0.25) is 0 Å². The van der Waals surface area contributed by atoms with Gasteiger partial charge in [-0.1, -0.05) is 18.2 Å². The first-order valence-corrected chi connectivity index (χ1v) is 9.81. The number of benzene rings is 1. The summed E-state index contributed by atoms with van der Waals surface area (Å²) in [6.45, 7) is 2.80. The topological polar surface area (TPSA) is 73.5 Å². The van der Waals surface area contributed by atoms with Gasteiger partial charge in [0, 0.05) is 37.6 Å². The number of piperidine rings is 1. The minimum atomic E-state index is -0.0885. The maximum Gasteiger partial charge on any atom is 0.315 e. The van der Waals surface area contributed by atoms with E-state index in [-0.39, 0.29) is 18.0 Å². The Kier molecular flexibility index (Phi) is 8.62. The van der Waals surface area contributed by atoms with Crippen LogP contribution in [0.15, 0.2) is 35.2 Å². The van der Waals surface area contributed by atoms with Crippen molar-refractivity contribution in [3.05, 3.63) is 30.3 Å². The molecule has 25 heavy (non-hydrogen) atoms. The number of likely N-dealkylation sites (N-methyl/N-ethyl adjacent to an activating group) is 1. The second-order valence-electron chi connectivity index (χ2n) is 6.14. The molecule has 1 fully saturated rings. The van der Waals surface area contributed by atoms with Crippen molar-refractivity contribution in [2.45, 2.75) is 30.2 Å². The summed E-state index contributed by atoms with van der Waals surface area (Å²) in [6, 6.07) is 10.4. The van der Waals surface area contributed by atoms with Crippen LogP contribution in [0.4, 0.5) is 4.79 Å². The molecule has 0 aromatic heterocycles. The van der Waals surface area contributed by atoms with E-state index >= 15 is 0 Å². The molecule has 0 saturated carbocycles. The lowest BCUT2D eigenvalue weighted by Crippen LogP contribution is -2.49. The molecule has 1 saturated heterocycles. The van der Waals surface area contributed by atoms with Gasteiger partial charge in [0.1, 0.15) is 0 Å². The van der Waals surface area contributed by atoms with E-state index in [0.717, 1.165) is 38.1 Å². The van der Waals surface area contributed by atoms with Gasteiger partial charge in [-0.3, -0.25) is 9.69 Å². The molecule has 2 rings (SSSR count). The fraction of sp³-hybridized carbons (Fsp3) is 0.556. The van der Waals surface area contributed by atoms with Crippen LogP contribution >= 0.6 is 11.8 Å². The highest BCUT2D eigenvalue weighted by Gasteiger charge is 2.21. The Morgan fingerprint density at radius 3 is 2.60 bits per heavy atom. The number of carbonyl (C=O) groups is 2. The van der Waals surface area contributed by atoms with Crippen molar-refractivity contribution in [2.75, 3.05) is 39.0 Å². The molecule has 1 heterocycles. The Balaban J connectivity index is 1.52. The third-order valence-electron chi connectivity index (χ3n) is 4.19. The number of rotatable bonds is 8. The van der Waals surface area contributed by atoms with Gasteiger partial charge in [-0.05, 0) is 37.1 Å². The number of hydrogen-bond acceptors (Lipinski definition) is 4. The Morgan fingerprint density at radius 1 is 1.20 bits per heavy atom. The number of urea groups is 1. The van der Waals surface area contributed by atoms with E-state index in [1.807, 2.05) is 18.2 Å². The molecule has 0 spiro atoms. The van der Waals surface area contributed by atoms with Gasteiger partial charge in [-0.25, -0.2) is 4.79 Å². The summed E-state index contributed by atoms with van der Waals surface area (Å²) in [5.41, 5.74) is 0. The number of nitrogens with zero attached hydrogens (tertiary/aromatic N) is 1. The van der Waals surface area contributed by atoms with E-state index in [9.17, 15) is 9.59 Å². The summed E-state index contributed by atoms with van der Waals surface area (Å²) in [6.07, 6.45) is 2.71. The molecule has 0 unspecified atom stereocenters. The van der Waals surface area contributed by atoms with E-state index in [1.54, 1.807) is 18.8 Å². The van der Waals surface area contributed by atoms with Crippen molar-refractivity contribution in [3.8, 4) is 0 Å². The molecule has 0 radical (unpaired) electrons. The number of likely N-dealkylation sites (tertiary alicyclic amines) is 1. The molecule has 0 bridgehead atoms. The van der Waals surface area contributed by atoms with E-state index in [2.05, 4.69) is 33.0 Å². The first-order valence-electron chi connectivity index (χ1n) is 8.82. The minimum absolute atomic E-state index is 0.0394. The maximum absolute atomic E-state index is 11.9. The van der Waals surface area contributed by atoms with E-state index < -0.39 is 0 Å². The number of nitrogens with one attached hydrogen (secondary N) is 3. The maximum atomic E-state index is 11.9. The molecule has 138 valence electrons. The molecule has 3 amide bonds. The fourth-order valence-corrected chi connectivity index (χ4v) is 3.61. The third-order valence-corrected chi connectivity index (χ3v) is 5.29. The molecule has 1 aromatic rings. The van der Waals surface area contributed by atoms with Crippen molar-refractivity contribution in [1.29, 1.82) is 0 Å². The Labute approximate surface area is 154 Å². The lowest BCUT2D eigenvalue weighted by molar-refractivity contribution is -0.122. The van der Waals surface area contributed by atoms with Crippen molar-refractivity contribution >= 4 is 23.7 Å². The van der Waals surface area contributed by atoms with Gasteiger partial charge in [0.15, 0.2) is 0 Å². The Morgan fingerprint density at radius 2 is 1.92 bits per heavy atom. The summed E-state index contributed by atoms with van der Waals surface area (Å²) in [5.74, 6) is 1.03. The zero-order valence-electron chi connectivity index (χ0n) is 14.8. The van der Waals surface area contributed by atoms with E-state index in [4.69, 9.17) is 0 Å². The van der Waals surface area contributed by atoms with Crippen LogP contribution in [-0.2, 0) is 4.79 Å². The van der Waals surface area contributed by atoms with Crippen molar-refractivity contribution in [1.82, 2.24) is 20.9 Å². The zero-order chi connectivity index (χ0) is 17.9. The normalized spacial score (nSPS) is 15.6. The van der Waals surface area contributed by atoms with Gasteiger partial charge in [0.25, 0.3) is 0 Å². The number of thioether (sulfide) groups is 1. The first-order chi connectivity index (χ1) is 12.2. The van der Waals surface area contributed by atoms with Crippen LogP contribution in [0, 0.1) is 0 Å². The molecule has 3 N–H and O–H groups in total. The number of amides is 3. The average molecular weight is 365 g/mol.